The standard InChI is InChI=1S/C12H16O3/c1-9(6-13)10-2-4-11(5-3-10)12-7-14-8-15-12/h2-5,9,12-13H,6-8H2,1H3. The van der Waals surface area contributed by atoms with Gasteiger partial charge < -0.3 is 14.6 Å². The van der Waals surface area contributed by atoms with E-state index in [9.17, 15) is 0 Å². The number of benzene rings is 1. The summed E-state index contributed by atoms with van der Waals surface area (Å²) in [7, 11) is 0. The Hall–Kier alpha value is -0.900. The normalized spacial score (nSPS) is 22.9. The van der Waals surface area contributed by atoms with Gasteiger partial charge in [0.1, 0.15) is 12.9 Å². The molecule has 1 N–H and O–H groups in total. The van der Waals surface area contributed by atoms with Gasteiger partial charge in [-0.25, -0.2) is 0 Å². The first-order valence-corrected chi connectivity index (χ1v) is 5.21. The van der Waals surface area contributed by atoms with Crippen molar-refractivity contribution < 1.29 is 14.6 Å². The summed E-state index contributed by atoms with van der Waals surface area (Å²) < 4.78 is 10.5. The van der Waals surface area contributed by atoms with Crippen molar-refractivity contribution in [1.29, 1.82) is 0 Å². The number of hydrogen-bond donors (Lipinski definition) is 1. The van der Waals surface area contributed by atoms with E-state index in [1.54, 1.807) is 0 Å². The van der Waals surface area contributed by atoms with Crippen molar-refractivity contribution in [3.63, 3.8) is 0 Å². The van der Waals surface area contributed by atoms with E-state index in [0.29, 0.717) is 13.4 Å². The fourth-order valence-corrected chi connectivity index (χ4v) is 1.67. The van der Waals surface area contributed by atoms with Crippen LogP contribution >= 0.6 is 0 Å². The van der Waals surface area contributed by atoms with Crippen LogP contribution in [0, 0.1) is 0 Å². The number of aliphatic hydroxyl groups excluding tert-OH is 1. The summed E-state index contributed by atoms with van der Waals surface area (Å²) in [6.07, 6.45) is 0.0727. The molecule has 0 aliphatic carbocycles. The van der Waals surface area contributed by atoms with Crippen molar-refractivity contribution >= 4 is 0 Å². The molecular weight excluding hydrogens is 192 g/mol. The lowest BCUT2D eigenvalue weighted by atomic mass is 9.99. The van der Waals surface area contributed by atoms with E-state index in [1.165, 1.54) is 0 Å². The molecular formula is C12H16O3. The number of aliphatic hydroxyl groups is 1. The molecule has 15 heavy (non-hydrogen) atoms. The summed E-state index contributed by atoms with van der Waals surface area (Å²) in [5.41, 5.74) is 2.29. The van der Waals surface area contributed by atoms with Crippen LogP contribution in [0.2, 0.25) is 0 Å². The van der Waals surface area contributed by atoms with Crippen LogP contribution in [-0.2, 0) is 9.47 Å². The topological polar surface area (TPSA) is 38.7 Å². The van der Waals surface area contributed by atoms with Gasteiger partial charge in [0.25, 0.3) is 0 Å². The minimum Gasteiger partial charge on any atom is -0.396 e. The first-order chi connectivity index (χ1) is 7.31. The van der Waals surface area contributed by atoms with Gasteiger partial charge in [0.05, 0.1) is 6.61 Å². The quantitative estimate of drug-likeness (QED) is 0.823. The molecule has 2 atom stereocenters. The van der Waals surface area contributed by atoms with E-state index in [4.69, 9.17) is 14.6 Å². The Morgan fingerprint density at radius 2 is 2.13 bits per heavy atom. The van der Waals surface area contributed by atoms with E-state index in [0.717, 1.165) is 11.1 Å². The molecule has 3 nitrogen and oxygen atoms in total. The van der Waals surface area contributed by atoms with Crippen LogP contribution in [0.3, 0.4) is 0 Å². The van der Waals surface area contributed by atoms with Crippen LogP contribution < -0.4 is 0 Å². The smallest absolute Gasteiger partial charge is 0.147 e. The van der Waals surface area contributed by atoms with Crippen LogP contribution in [0.25, 0.3) is 0 Å². The maximum atomic E-state index is 9.02. The molecule has 1 saturated heterocycles. The molecule has 1 aromatic rings. The van der Waals surface area contributed by atoms with E-state index >= 15 is 0 Å². The van der Waals surface area contributed by atoms with Crippen molar-refractivity contribution in [2.45, 2.75) is 18.9 Å². The van der Waals surface area contributed by atoms with Crippen LogP contribution in [-0.4, -0.2) is 25.1 Å². The second-order valence-corrected chi connectivity index (χ2v) is 3.89. The predicted octanol–water partition coefficient (Wildman–Crippen LogP) is 1.83. The third-order valence-electron chi connectivity index (χ3n) is 2.77. The molecule has 82 valence electrons. The highest BCUT2D eigenvalue weighted by Crippen LogP contribution is 2.24. The van der Waals surface area contributed by atoms with Gasteiger partial charge in [-0.15, -0.1) is 0 Å². The zero-order chi connectivity index (χ0) is 10.7. The first kappa shape index (κ1) is 10.6. The van der Waals surface area contributed by atoms with Crippen LogP contribution in [0.1, 0.15) is 30.1 Å². The zero-order valence-electron chi connectivity index (χ0n) is 8.85. The molecule has 1 heterocycles. The minimum absolute atomic E-state index is 0.0727. The summed E-state index contributed by atoms with van der Waals surface area (Å²) in [6, 6.07) is 8.16. The molecule has 1 aliphatic rings. The predicted molar refractivity (Wildman–Crippen MR) is 56.6 cm³/mol. The maximum absolute atomic E-state index is 9.02. The highest BCUT2D eigenvalue weighted by Gasteiger charge is 2.18. The molecule has 1 aliphatic heterocycles. The van der Waals surface area contributed by atoms with Gasteiger partial charge in [0, 0.05) is 12.5 Å². The molecule has 1 fully saturated rings. The van der Waals surface area contributed by atoms with E-state index in [1.807, 2.05) is 31.2 Å². The second-order valence-electron chi connectivity index (χ2n) is 3.89. The molecule has 0 radical (unpaired) electrons. The van der Waals surface area contributed by atoms with Gasteiger partial charge in [0.2, 0.25) is 0 Å². The average Bonchev–Trinajstić information content (AvgIpc) is 2.82. The third-order valence-corrected chi connectivity index (χ3v) is 2.77. The van der Waals surface area contributed by atoms with Crippen LogP contribution in [0.5, 0.6) is 0 Å². The molecule has 3 heteroatoms. The monoisotopic (exact) mass is 208 g/mol. The van der Waals surface area contributed by atoms with Crippen molar-refractivity contribution in [3.8, 4) is 0 Å². The summed E-state index contributed by atoms with van der Waals surface area (Å²) >= 11 is 0. The summed E-state index contributed by atoms with van der Waals surface area (Å²) in [6.45, 7) is 3.21. The lowest BCUT2D eigenvalue weighted by Gasteiger charge is -2.11. The average molecular weight is 208 g/mol. The number of ether oxygens (including phenoxy) is 2. The van der Waals surface area contributed by atoms with Crippen LogP contribution in [0.4, 0.5) is 0 Å². The molecule has 0 bridgehead atoms. The van der Waals surface area contributed by atoms with Crippen LogP contribution in [0.15, 0.2) is 24.3 Å². The van der Waals surface area contributed by atoms with Crippen molar-refractivity contribution in [2.75, 3.05) is 20.0 Å². The maximum Gasteiger partial charge on any atom is 0.147 e. The molecule has 0 spiro atoms. The molecule has 2 unspecified atom stereocenters. The number of rotatable bonds is 3. The highest BCUT2D eigenvalue weighted by atomic mass is 16.7. The summed E-state index contributed by atoms with van der Waals surface area (Å²) in [4.78, 5) is 0. The lowest BCUT2D eigenvalue weighted by Crippen LogP contribution is -2.02. The van der Waals surface area contributed by atoms with E-state index in [2.05, 4.69) is 0 Å². The second kappa shape index (κ2) is 4.75. The summed E-state index contributed by atoms with van der Waals surface area (Å²) in [5, 5.41) is 9.02. The Morgan fingerprint density at radius 1 is 1.40 bits per heavy atom. The van der Waals surface area contributed by atoms with E-state index < -0.39 is 0 Å². The van der Waals surface area contributed by atoms with Crippen molar-refractivity contribution in [3.05, 3.63) is 35.4 Å². The fourth-order valence-electron chi connectivity index (χ4n) is 1.67. The van der Waals surface area contributed by atoms with Gasteiger partial charge in [-0.1, -0.05) is 31.2 Å². The van der Waals surface area contributed by atoms with Gasteiger partial charge in [-0.2, -0.15) is 0 Å². The Balaban J connectivity index is 2.09. The van der Waals surface area contributed by atoms with Crippen molar-refractivity contribution in [1.82, 2.24) is 0 Å². The molecule has 0 amide bonds. The number of hydrogen-bond acceptors (Lipinski definition) is 3. The van der Waals surface area contributed by atoms with Gasteiger partial charge in [0.15, 0.2) is 0 Å². The van der Waals surface area contributed by atoms with Gasteiger partial charge in [-0.3, -0.25) is 0 Å². The Kier molecular flexibility index (Phi) is 3.36. The lowest BCUT2D eigenvalue weighted by molar-refractivity contribution is 0.0466. The Bertz CT molecular complexity index is 301. The van der Waals surface area contributed by atoms with Crippen molar-refractivity contribution in [2.24, 2.45) is 0 Å². The third kappa shape index (κ3) is 2.37. The first-order valence-electron chi connectivity index (χ1n) is 5.21. The van der Waals surface area contributed by atoms with Gasteiger partial charge in [-0.05, 0) is 11.1 Å². The molecule has 0 aromatic heterocycles. The Labute approximate surface area is 89.6 Å². The zero-order valence-corrected chi connectivity index (χ0v) is 8.85. The summed E-state index contributed by atoms with van der Waals surface area (Å²) in [5.74, 6) is 0.194. The molecule has 2 rings (SSSR count). The fraction of sp³-hybridized carbons (Fsp3) is 0.500. The SMILES string of the molecule is CC(CO)c1ccc(C2COCO2)cc1. The molecule has 1 aromatic carbocycles. The highest BCUT2D eigenvalue weighted by molar-refractivity contribution is 5.26. The van der Waals surface area contributed by atoms with Gasteiger partial charge >= 0.3 is 0 Å². The largest absolute Gasteiger partial charge is 0.396 e. The molecule has 0 saturated carbocycles. The Morgan fingerprint density at radius 3 is 2.67 bits per heavy atom. The minimum atomic E-state index is 0.0727. The van der Waals surface area contributed by atoms with E-state index in [-0.39, 0.29) is 18.6 Å².